The highest BCUT2D eigenvalue weighted by Gasteiger charge is 2.23. The molecule has 138 valence electrons. The summed E-state index contributed by atoms with van der Waals surface area (Å²) in [5.41, 5.74) is 1.43. The number of likely N-dealkylation sites (N-methyl/N-ethyl adjacent to an activating group) is 1. The Kier molecular flexibility index (Phi) is 6.88. The van der Waals surface area contributed by atoms with Gasteiger partial charge < -0.3 is 14.7 Å². The number of nitrogens with zero attached hydrogens (tertiary/aromatic N) is 3. The quantitative estimate of drug-likeness (QED) is 0.794. The maximum absolute atomic E-state index is 12.5. The maximum Gasteiger partial charge on any atom is 0.223 e. The van der Waals surface area contributed by atoms with Crippen LogP contribution in [0.25, 0.3) is 0 Å². The van der Waals surface area contributed by atoms with Crippen molar-refractivity contribution in [3.05, 3.63) is 35.9 Å². The van der Waals surface area contributed by atoms with Crippen LogP contribution in [0.15, 0.2) is 30.3 Å². The Hall–Kier alpha value is -1.39. The molecule has 0 aromatic heterocycles. The van der Waals surface area contributed by atoms with E-state index in [2.05, 4.69) is 52.0 Å². The van der Waals surface area contributed by atoms with Gasteiger partial charge in [0.05, 0.1) is 0 Å². The third-order valence-electron chi connectivity index (χ3n) is 5.89. The molecule has 0 N–H and O–H groups in total. The topological polar surface area (TPSA) is 26.8 Å². The minimum atomic E-state index is 0.357. The first-order valence-corrected chi connectivity index (χ1v) is 10.0. The Labute approximate surface area is 152 Å². The van der Waals surface area contributed by atoms with E-state index in [1.807, 2.05) is 0 Å². The lowest BCUT2D eigenvalue weighted by Crippen LogP contribution is -2.47. The van der Waals surface area contributed by atoms with Crippen LogP contribution in [0.3, 0.4) is 0 Å². The smallest absolute Gasteiger partial charge is 0.223 e. The highest BCUT2D eigenvalue weighted by molar-refractivity contribution is 5.76. The van der Waals surface area contributed by atoms with Gasteiger partial charge in [-0.05, 0) is 37.3 Å². The van der Waals surface area contributed by atoms with Crippen molar-refractivity contribution in [1.29, 1.82) is 0 Å². The molecule has 1 amide bonds. The van der Waals surface area contributed by atoms with Crippen LogP contribution in [0.5, 0.6) is 0 Å². The van der Waals surface area contributed by atoms with Crippen molar-refractivity contribution in [3.63, 3.8) is 0 Å². The average Bonchev–Trinajstić information content (AvgIpc) is 2.68. The van der Waals surface area contributed by atoms with Crippen LogP contribution in [-0.2, 0) is 11.2 Å². The maximum atomic E-state index is 12.5. The SMILES string of the molecule is CCN1CCN(CCC(=O)N2CCC(Cc3ccccc3)CC2)CC1. The minimum absolute atomic E-state index is 0.357. The van der Waals surface area contributed by atoms with Gasteiger partial charge in [0.15, 0.2) is 0 Å². The van der Waals surface area contributed by atoms with Crippen LogP contribution in [0.4, 0.5) is 0 Å². The molecular weight excluding hydrogens is 310 g/mol. The largest absolute Gasteiger partial charge is 0.343 e. The highest BCUT2D eigenvalue weighted by atomic mass is 16.2. The molecule has 0 bridgehead atoms. The number of likely N-dealkylation sites (tertiary alicyclic amines) is 1. The molecule has 0 radical (unpaired) electrons. The molecule has 25 heavy (non-hydrogen) atoms. The first-order chi connectivity index (χ1) is 12.2. The molecule has 3 rings (SSSR count). The van der Waals surface area contributed by atoms with Crippen molar-refractivity contribution < 1.29 is 4.79 Å². The average molecular weight is 344 g/mol. The lowest BCUT2D eigenvalue weighted by atomic mass is 9.90. The van der Waals surface area contributed by atoms with Crippen molar-refractivity contribution in [1.82, 2.24) is 14.7 Å². The van der Waals surface area contributed by atoms with Gasteiger partial charge in [-0.3, -0.25) is 4.79 Å². The number of benzene rings is 1. The summed E-state index contributed by atoms with van der Waals surface area (Å²) >= 11 is 0. The molecule has 0 aliphatic carbocycles. The van der Waals surface area contributed by atoms with Crippen LogP contribution < -0.4 is 0 Å². The lowest BCUT2D eigenvalue weighted by molar-refractivity contribution is -0.133. The van der Waals surface area contributed by atoms with Gasteiger partial charge in [-0.15, -0.1) is 0 Å². The first-order valence-electron chi connectivity index (χ1n) is 10.0. The summed E-state index contributed by atoms with van der Waals surface area (Å²) in [5, 5.41) is 0. The summed E-state index contributed by atoms with van der Waals surface area (Å²) in [6.45, 7) is 10.7. The van der Waals surface area contributed by atoms with Crippen molar-refractivity contribution in [2.24, 2.45) is 5.92 Å². The third-order valence-corrected chi connectivity index (χ3v) is 5.89. The fraction of sp³-hybridized carbons (Fsp3) is 0.667. The molecule has 0 saturated carbocycles. The van der Waals surface area contributed by atoms with Crippen molar-refractivity contribution >= 4 is 5.91 Å². The molecule has 0 spiro atoms. The van der Waals surface area contributed by atoms with E-state index >= 15 is 0 Å². The highest BCUT2D eigenvalue weighted by Crippen LogP contribution is 2.22. The summed E-state index contributed by atoms with van der Waals surface area (Å²) in [6.07, 6.45) is 4.14. The monoisotopic (exact) mass is 343 g/mol. The number of rotatable bonds is 6. The molecule has 4 heteroatoms. The Morgan fingerprint density at radius 1 is 0.960 bits per heavy atom. The molecule has 2 aliphatic heterocycles. The van der Waals surface area contributed by atoms with Gasteiger partial charge in [0.1, 0.15) is 0 Å². The van der Waals surface area contributed by atoms with E-state index < -0.39 is 0 Å². The van der Waals surface area contributed by atoms with E-state index in [9.17, 15) is 4.79 Å². The Morgan fingerprint density at radius 2 is 1.60 bits per heavy atom. The molecular formula is C21H33N3O. The Balaban J connectivity index is 1.34. The molecule has 2 aliphatic rings. The molecule has 0 atom stereocenters. The number of amides is 1. The normalized spacial score (nSPS) is 20.8. The summed E-state index contributed by atoms with van der Waals surface area (Å²) < 4.78 is 0. The summed E-state index contributed by atoms with van der Waals surface area (Å²) in [5.74, 6) is 1.09. The first kappa shape index (κ1) is 18.4. The van der Waals surface area contributed by atoms with Gasteiger partial charge in [-0.2, -0.15) is 0 Å². The number of hydrogen-bond donors (Lipinski definition) is 0. The van der Waals surface area contributed by atoms with E-state index in [0.29, 0.717) is 12.3 Å². The summed E-state index contributed by atoms with van der Waals surface area (Å²) in [7, 11) is 0. The summed E-state index contributed by atoms with van der Waals surface area (Å²) in [6, 6.07) is 10.8. The van der Waals surface area contributed by atoms with Crippen LogP contribution in [0.1, 0.15) is 31.7 Å². The number of piperazine rings is 1. The third kappa shape index (κ3) is 5.55. The number of carbonyl (C=O) groups is 1. The van der Waals surface area contributed by atoms with Gasteiger partial charge >= 0.3 is 0 Å². The second-order valence-corrected chi connectivity index (χ2v) is 7.54. The minimum Gasteiger partial charge on any atom is -0.343 e. The van der Waals surface area contributed by atoms with E-state index in [0.717, 1.165) is 77.5 Å². The standard InChI is InChI=1S/C21H33N3O/c1-2-22-14-16-23(17-15-22)11-10-21(25)24-12-8-20(9-13-24)18-19-6-4-3-5-7-19/h3-7,20H,2,8-18H2,1H3. The van der Waals surface area contributed by atoms with E-state index in [-0.39, 0.29) is 0 Å². The van der Waals surface area contributed by atoms with Gasteiger partial charge in [0.2, 0.25) is 5.91 Å². The number of hydrogen-bond acceptors (Lipinski definition) is 3. The van der Waals surface area contributed by atoms with Crippen LogP contribution >= 0.6 is 0 Å². The number of piperidine rings is 1. The predicted octanol–water partition coefficient (Wildman–Crippen LogP) is 2.50. The van der Waals surface area contributed by atoms with Gasteiger partial charge in [-0.25, -0.2) is 0 Å². The van der Waals surface area contributed by atoms with Crippen molar-refractivity contribution in [2.75, 3.05) is 52.4 Å². The van der Waals surface area contributed by atoms with Crippen molar-refractivity contribution in [3.8, 4) is 0 Å². The fourth-order valence-electron chi connectivity index (χ4n) is 4.07. The van der Waals surface area contributed by atoms with Gasteiger partial charge in [0.25, 0.3) is 0 Å². The second-order valence-electron chi connectivity index (χ2n) is 7.54. The van der Waals surface area contributed by atoms with E-state index in [4.69, 9.17) is 0 Å². The second kappa shape index (κ2) is 9.35. The predicted molar refractivity (Wildman–Crippen MR) is 103 cm³/mol. The van der Waals surface area contributed by atoms with Gasteiger partial charge in [0, 0.05) is 52.2 Å². The van der Waals surface area contributed by atoms with Crippen molar-refractivity contribution in [2.45, 2.75) is 32.6 Å². The van der Waals surface area contributed by atoms with Gasteiger partial charge in [-0.1, -0.05) is 37.3 Å². The number of carbonyl (C=O) groups excluding carboxylic acids is 1. The fourth-order valence-corrected chi connectivity index (χ4v) is 4.07. The lowest BCUT2D eigenvalue weighted by Gasteiger charge is -2.35. The Morgan fingerprint density at radius 3 is 2.24 bits per heavy atom. The molecule has 2 heterocycles. The Bertz CT molecular complexity index is 517. The van der Waals surface area contributed by atoms with Crippen LogP contribution in [-0.4, -0.2) is 73.0 Å². The molecule has 4 nitrogen and oxygen atoms in total. The molecule has 0 unspecified atom stereocenters. The van der Waals surface area contributed by atoms with Crippen LogP contribution in [0, 0.1) is 5.92 Å². The molecule has 2 saturated heterocycles. The zero-order valence-electron chi connectivity index (χ0n) is 15.7. The molecule has 2 fully saturated rings. The molecule has 1 aromatic rings. The van der Waals surface area contributed by atoms with Crippen LogP contribution in [0.2, 0.25) is 0 Å². The summed E-state index contributed by atoms with van der Waals surface area (Å²) in [4.78, 5) is 19.5. The molecule has 1 aromatic carbocycles. The zero-order valence-corrected chi connectivity index (χ0v) is 15.7. The van der Waals surface area contributed by atoms with E-state index in [1.165, 1.54) is 5.56 Å². The zero-order chi connectivity index (χ0) is 17.5. The van der Waals surface area contributed by atoms with E-state index in [1.54, 1.807) is 0 Å².